The van der Waals surface area contributed by atoms with Crippen LogP contribution in [0.4, 0.5) is 10.2 Å². The number of hydrogen-bond donors (Lipinski definition) is 1. The number of fused-ring (bicyclic) bond motifs is 1. The van der Waals surface area contributed by atoms with Gasteiger partial charge in [0.05, 0.1) is 5.69 Å². The molecule has 2 aromatic heterocycles. The monoisotopic (exact) mass is 341 g/mol. The van der Waals surface area contributed by atoms with Crippen LogP contribution in [0.25, 0.3) is 11.0 Å². The summed E-state index contributed by atoms with van der Waals surface area (Å²) >= 11 is 0. The molecule has 5 nitrogen and oxygen atoms in total. The Hall–Kier alpha value is -2.50. The molecule has 3 rings (SSSR count). The maximum atomic E-state index is 13.8. The van der Waals surface area contributed by atoms with Crippen molar-refractivity contribution in [3.63, 3.8) is 0 Å². The van der Waals surface area contributed by atoms with E-state index < -0.39 is 0 Å². The standard InChI is InChI=1S/C19H24FN5/c1-5-25-17-16(13(4)24-25)22-18(12(2)3)23-19(17)21-11-10-14-8-6-7-9-15(14)20/h6-9,12H,5,10-11H2,1-4H3,(H,21,22,23). The fourth-order valence-electron chi connectivity index (χ4n) is 2.87. The smallest absolute Gasteiger partial charge is 0.156 e. The maximum Gasteiger partial charge on any atom is 0.156 e. The predicted octanol–water partition coefficient (Wildman–Crippen LogP) is 4.07. The first kappa shape index (κ1) is 17.3. The van der Waals surface area contributed by atoms with Crippen molar-refractivity contribution in [3.8, 4) is 0 Å². The quantitative estimate of drug-likeness (QED) is 0.734. The Labute approximate surface area is 147 Å². The van der Waals surface area contributed by atoms with E-state index in [1.54, 1.807) is 6.07 Å². The van der Waals surface area contributed by atoms with E-state index in [1.807, 2.05) is 30.7 Å². The van der Waals surface area contributed by atoms with E-state index in [9.17, 15) is 4.39 Å². The molecule has 0 spiro atoms. The van der Waals surface area contributed by atoms with Gasteiger partial charge in [-0.15, -0.1) is 0 Å². The van der Waals surface area contributed by atoms with E-state index in [0.29, 0.717) is 18.5 Å². The van der Waals surface area contributed by atoms with Gasteiger partial charge in [0, 0.05) is 19.0 Å². The van der Waals surface area contributed by atoms with Gasteiger partial charge in [-0.2, -0.15) is 5.10 Å². The van der Waals surface area contributed by atoms with E-state index in [4.69, 9.17) is 4.98 Å². The molecule has 0 saturated carbocycles. The zero-order chi connectivity index (χ0) is 18.0. The highest BCUT2D eigenvalue weighted by Crippen LogP contribution is 2.25. The number of halogens is 1. The molecule has 0 saturated heterocycles. The lowest BCUT2D eigenvalue weighted by Gasteiger charge is -2.12. The highest BCUT2D eigenvalue weighted by molar-refractivity contribution is 5.87. The van der Waals surface area contributed by atoms with Crippen molar-refractivity contribution in [2.75, 3.05) is 11.9 Å². The molecular weight excluding hydrogens is 317 g/mol. The second kappa shape index (κ2) is 7.17. The minimum atomic E-state index is -0.172. The summed E-state index contributed by atoms with van der Waals surface area (Å²) in [6.45, 7) is 9.50. The Kier molecular flexibility index (Phi) is 4.97. The van der Waals surface area contributed by atoms with Gasteiger partial charge < -0.3 is 5.32 Å². The molecule has 25 heavy (non-hydrogen) atoms. The van der Waals surface area contributed by atoms with Crippen LogP contribution < -0.4 is 5.32 Å². The fraction of sp³-hybridized carbons (Fsp3) is 0.421. The van der Waals surface area contributed by atoms with Gasteiger partial charge in [0.1, 0.15) is 22.7 Å². The van der Waals surface area contributed by atoms with Crippen LogP contribution in [-0.4, -0.2) is 26.3 Å². The zero-order valence-corrected chi connectivity index (χ0v) is 15.2. The van der Waals surface area contributed by atoms with E-state index in [1.165, 1.54) is 6.07 Å². The average molecular weight is 341 g/mol. The lowest BCUT2D eigenvalue weighted by Crippen LogP contribution is -2.11. The van der Waals surface area contributed by atoms with Crippen molar-refractivity contribution in [1.29, 1.82) is 0 Å². The number of nitrogens with one attached hydrogen (secondary N) is 1. The highest BCUT2D eigenvalue weighted by atomic mass is 19.1. The van der Waals surface area contributed by atoms with Crippen molar-refractivity contribution >= 4 is 16.9 Å². The number of rotatable bonds is 6. The van der Waals surface area contributed by atoms with Crippen molar-refractivity contribution in [1.82, 2.24) is 19.7 Å². The van der Waals surface area contributed by atoms with Gasteiger partial charge in [-0.05, 0) is 31.9 Å². The summed E-state index contributed by atoms with van der Waals surface area (Å²) in [6, 6.07) is 6.86. The van der Waals surface area contributed by atoms with Crippen LogP contribution in [0.5, 0.6) is 0 Å². The predicted molar refractivity (Wildman–Crippen MR) is 98.4 cm³/mol. The van der Waals surface area contributed by atoms with Gasteiger partial charge in [0.2, 0.25) is 0 Å². The number of benzene rings is 1. The van der Waals surface area contributed by atoms with Crippen LogP contribution in [0.3, 0.4) is 0 Å². The summed E-state index contributed by atoms with van der Waals surface area (Å²) in [5, 5.41) is 7.93. The molecule has 1 N–H and O–H groups in total. The fourth-order valence-corrected chi connectivity index (χ4v) is 2.87. The SMILES string of the molecule is CCn1nc(C)c2nc(C(C)C)nc(NCCc3ccccc3F)c21. The Morgan fingerprint density at radius 2 is 1.96 bits per heavy atom. The average Bonchev–Trinajstić information content (AvgIpc) is 2.93. The first-order chi connectivity index (χ1) is 12.0. The Morgan fingerprint density at radius 1 is 1.20 bits per heavy atom. The lowest BCUT2D eigenvalue weighted by atomic mass is 10.1. The molecule has 0 aliphatic carbocycles. The molecule has 0 fully saturated rings. The molecular formula is C19H24FN5. The number of aryl methyl sites for hydroxylation is 2. The summed E-state index contributed by atoms with van der Waals surface area (Å²) in [5.74, 6) is 1.61. The van der Waals surface area contributed by atoms with Gasteiger partial charge >= 0.3 is 0 Å². The van der Waals surface area contributed by atoms with Gasteiger partial charge in [-0.1, -0.05) is 32.0 Å². The highest BCUT2D eigenvalue weighted by Gasteiger charge is 2.17. The van der Waals surface area contributed by atoms with Crippen LogP contribution in [-0.2, 0) is 13.0 Å². The number of hydrogen-bond acceptors (Lipinski definition) is 4. The van der Waals surface area contributed by atoms with Gasteiger partial charge in [-0.3, -0.25) is 4.68 Å². The first-order valence-corrected chi connectivity index (χ1v) is 8.73. The van der Waals surface area contributed by atoms with Crippen molar-refractivity contribution in [3.05, 3.63) is 47.2 Å². The topological polar surface area (TPSA) is 55.6 Å². The molecule has 1 aromatic carbocycles. The Balaban J connectivity index is 1.92. The summed E-state index contributed by atoms with van der Waals surface area (Å²) < 4.78 is 15.7. The molecule has 2 heterocycles. The van der Waals surface area contributed by atoms with Crippen LogP contribution in [0.2, 0.25) is 0 Å². The first-order valence-electron chi connectivity index (χ1n) is 8.73. The van der Waals surface area contributed by atoms with Gasteiger partial charge in [0.25, 0.3) is 0 Å². The van der Waals surface area contributed by atoms with E-state index >= 15 is 0 Å². The van der Waals surface area contributed by atoms with Crippen LogP contribution in [0, 0.1) is 12.7 Å². The summed E-state index contributed by atoms with van der Waals surface area (Å²) in [4.78, 5) is 9.39. The van der Waals surface area contributed by atoms with E-state index in [0.717, 1.165) is 34.9 Å². The molecule has 0 aliphatic heterocycles. The largest absolute Gasteiger partial charge is 0.368 e. The van der Waals surface area contributed by atoms with Crippen LogP contribution in [0.15, 0.2) is 24.3 Å². The normalized spacial score (nSPS) is 11.4. The second-order valence-electron chi connectivity index (χ2n) is 6.45. The Morgan fingerprint density at radius 3 is 2.64 bits per heavy atom. The molecule has 3 aromatic rings. The molecule has 6 heteroatoms. The molecule has 0 atom stereocenters. The second-order valence-corrected chi connectivity index (χ2v) is 6.45. The number of anilines is 1. The third kappa shape index (κ3) is 3.48. The number of aromatic nitrogens is 4. The third-order valence-electron chi connectivity index (χ3n) is 4.23. The third-order valence-corrected chi connectivity index (χ3v) is 4.23. The molecule has 0 amide bonds. The molecule has 0 aliphatic rings. The minimum Gasteiger partial charge on any atom is -0.368 e. The molecule has 132 valence electrons. The van der Waals surface area contributed by atoms with Gasteiger partial charge in [-0.25, -0.2) is 14.4 Å². The van der Waals surface area contributed by atoms with E-state index in [2.05, 4.69) is 29.2 Å². The lowest BCUT2D eigenvalue weighted by molar-refractivity contribution is 0.610. The minimum absolute atomic E-state index is 0.172. The number of nitrogens with zero attached hydrogens (tertiary/aromatic N) is 4. The van der Waals surface area contributed by atoms with Crippen LogP contribution in [0.1, 0.15) is 43.8 Å². The zero-order valence-electron chi connectivity index (χ0n) is 15.2. The van der Waals surface area contributed by atoms with Crippen LogP contribution >= 0.6 is 0 Å². The van der Waals surface area contributed by atoms with Crippen molar-refractivity contribution < 1.29 is 4.39 Å². The van der Waals surface area contributed by atoms with E-state index in [-0.39, 0.29) is 11.7 Å². The Bertz CT molecular complexity index is 885. The summed E-state index contributed by atoms with van der Waals surface area (Å²) in [7, 11) is 0. The summed E-state index contributed by atoms with van der Waals surface area (Å²) in [6.07, 6.45) is 0.592. The van der Waals surface area contributed by atoms with Crippen molar-refractivity contribution in [2.45, 2.75) is 46.6 Å². The molecule has 0 bridgehead atoms. The summed E-state index contributed by atoms with van der Waals surface area (Å²) in [5.41, 5.74) is 3.40. The molecule has 0 unspecified atom stereocenters. The van der Waals surface area contributed by atoms with Crippen molar-refractivity contribution in [2.24, 2.45) is 0 Å². The maximum absolute atomic E-state index is 13.8. The molecule has 0 radical (unpaired) electrons. The van der Waals surface area contributed by atoms with Gasteiger partial charge in [0.15, 0.2) is 5.82 Å².